The molecule has 2 aromatic heterocycles. The zero-order valence-electron chi connectivity index (χ0n) is 18.8. The Hall–Kier alpha value is -3.19. The number of halogens is 3. The summed E-state index contributed by atoms with van der Waals surface area (Å²) in [5.41, 5.74) is 6.29. The average molecular weight is 493 g/mol. The number of nitrogens with one attached hydrogen (secondary N) is 4. The van der Waals surface area contributed by atoms with Gasteiger partial charge in [-0.1, -0.05) is 12.1 Å². The number of carbonyl (C=O) groups excluding carboxylic acids is 1. The summed E-state index contributed by atoms with van der Waals surface area (Å²) in [5, 5.41) is 17.3. The molecular weight excluding hydrogens is 465 g/mol. The van der Waals surface area contributed by atoms with Crippen molar-refractivity contribution in [3.8, 4) is 11.3 Å². The molecule has 1 aliphatic rings. The van der Waals surface area contributed by atoms with Crippen LogP contribution >= 0.6 is 0 Å². The van der Waals surface area contributed by atoms with Crippen LogP contribution in [0.25, 0.3) is 16.9 Å². The summed E-state index contributed by atoms with van der Waals surface area (Å²) in [6.07, 6.45) is 0.781. The lowest BCUT2D eigenvalue weighted by molar-refractivity contribution is -0.122. The number of fused-ring (bicyclic) bond motifs is 1. The molecule has 5 N–H and O–H groups in total. The van der Waals surface area contributed by atoms with Gasteiger partial charge >= 0.3 is 12.2 Å². The molecule has 3 aromatic rings. The molecule has 12 heteroatoms. The van der Waals surface area contributed by atoms with E-state index < -0.39 is 24.9 Å². The first-order valence-electron chi connectivity index (χ1n) is 11.2. The summed E-state index contributed by atoms with van der Waals surface area (Å²) < 4.78 is 38.7. The Labute approximate surface area is 199 Å². The maximum Gasteiger partial charge on any atom is 0.405 e. The van der Waals surface area contributed by atoms with E-state index in [9.17, 15) is 23.1 Å². The molecule has 35 heavy (non-hydrogen) atoms. The molecule has 1 saturated carbocycles. The topological polar surface area (TPSA) is 112 Å². The Bertz CT molecular complexity index is 1150. The summed E-state index contributed by atoms with van der Waals surface area (Å²) in [6, 6.07) is 10.1. The summed E-state index contributed by atoms with van der Waals surface area (Å²) in [5.74, 6) is 0. The van der Waals surface area contributed by atoms with Crippen molar-refractivity contribution in [2.24, 2.45) is 0 Å². The van der Waals surface area contributed by atoms with Crippen molar-refractivity contribution in [2.75, 3.05) is 25.0 Å². The molecule has 1 aromatic carbocycles. The third-order valence-corrected chi connectivity index (χ3v) is 5.32. The zero-order chi connectivity index (χ0) is 24.8. The lowest BCUT2D eigenvalue weighted by Gasteiger charge is -2.12. The van der Waals surface area contributed by atoms with Crippen molar-refractivity contribution in [3.63, 3.8) is 0 Å². The summed E-state index contributed by atoms with van der Waals surface area (Å²) >= 11 is 0. The first-order valence-corrected chi connectivity index (χ1v) is 11.2. The molecule has 9 nitrogen and oxygen atoms in total. The van der Waals surface area contributed by atoms with Gasteiger partial charge in [-0.05, 0) is 42.7 Å². The number of aliphatic hydroxyl groups is 1. The number of nitrogens with zero attached hydrogens (tertiary/aromatic N) is 2. The predicted molar refractivity (Wildman–Crippen MR) is 124 cm³/mol. The number of aromatic nitrogens is 2. The minimum absolute atomic E-state index is 0.175. The lowest BCUT2D eigenvalue weighted by Crippen LogP contribution is -2.36. The first kappa shape index (κ1) is 24.9. The van der Waals surface area contributed by atoms with Gasteiger partial charge in [-0.15, -0.1) is 0 Å². The number of amides is 2. The number of benzene rings is 1. The maximum absolute atomic E-state index is 12.3. The van der Waals surface area contributed by atoms with Crippen LogP contribution in [0.3, 0.4) is 0 Å². The Morgan fingerprint density at radius 2 is 2.09 bits per heavy atom. The van der Waals surface area contributed by atoms with Gasteiger partial charge in [0.1, 0.15) is 12.2 Å². The van der Waals surface area contributed by atoms with Crippen LogP contribution in [-0.2, 0) is 11.4 Å². The SMILES string of the molecule is O=C(NCC(F)(F)F)Nc1cccc(-c2cnc3cc(CNOCC(O)CNC4CC4)ccn23)c1. The van der Waals surface area contributed by atoms with E-state index in [1.165, 1.54) is 0 Å². The number of carbonyl (C=O) groups is 1. The monoisotopic (exact) mass is 492 g/mol. The number of hydrogen-bond donors (Lipinski definition) is 5. The van der Waals surface area contributed by atoms with E-state index in [0.29, 0.717) is 30.5 Å². The van der Waals surface area contributed by atoms with Crippen molar-refractivity contribution >= 4 is 17.4 Å². The number of alkyl halides is 3. The number of urea groups is 1. The second-order valence-corrected chi connectivity index (χ2v) is 8.38. The fourth-order valence-electron chi connectivity index (χ4n) is 3.40. The second kappa shape index (κ2) is 11.0. The maximum atomic E-state index is 12.3. The lowest BCUT2D eigenvalue weighted by atomic mass is 10.1. The van der Waals surface area contributed by atoms with E-state index in [2.05, 4.69) is 21.1 Å². The minimum atomic E-state index is -4.48. The molecule has 2 heterocycles. The van der Waals surface area contributed by atoms with Gasteiger partial charge in [-0.2, -0.15) is 18.7 Å². The molecule has 0 bridgehead atoms. The fraction of sp³-hybridized carbons (Fsp3) is 0.391. The van der Waals surface area contributed by atoms with E-state index in [-0.39, 0.29) is 6.61 Å². The van der Waals surface area contributed by atoms with Crippen LogP contribution in [0.15, 0.2) is 48.8 Å². The molecule has 1 aliphatic carbocycles. The molecule has 0 aliphatic heterocycles. The molecule has 1 atom stereocenters. The Balaban J connectivity index is 1.32. The van der Waals surface area contributed by atoms with Gasteiger partial charge in [0.15, 0.2) is 0 Å². The fourth-order valence-corrected chi connectivity index (χ4v) is 3.40. The van der Waals surface area contributed by atoms with Crippen molar-refractivity contribution in [3.05, 3.63) is 54.4 Å². The van der Waals surface area contributed by atoms with Crippen LogP contribution < -0.4 is 21.4 Å². The second-order valence-electron chi connectivity index (χ2n) is 8.38. The predicted octanol–water partition coefficient (Wildman–Crippen LogP) is 2.82. The standard InChI is InChI=1S/C23H27F3N6O3/c24-23(25,26)14-29-22(34)31-18-3-1-2-16(9-18)20-12-28-21-8-15(6-7-32(20)21)10-30-35-13-19(33)11-27-17-4-5-17/h1-3,6-9,12,17,19,27,30,33H,4-5,10-11,13-14H2,(H2,29,31,34). The van der Waals surface area contributed by atoms with E-state index >= 15 is 0 Å². The minimum Gasteiger partial charge on any atom is -0.389 e. The van der Waals surface area contributed by atoms with Gasteiger partial charge in [-0.3, -0.25) is 9.24 Å². The van der Waals surface area contributed by atoms with Crippen LogP contribution in [0, 0.1) is 0 Å². The molecule has 1 fully saturated rings. The van der Waals surface area contributed by atoms with Gasteiger partial charge in [0.05, 0.1) is 24.6 Å². The van der Waals surface area contributed by atoms with Crippen LogP contribution in [0.2, 0.25) is 0 Å². The molecular formula is C23H27F3N6O3. The summed E-state index contributed by atoms with van der Waals surface area (Å²) in [7, 11) is 0. The van der Waals surface area contributed by atoms with Gasteiger partial charge < -0.3 is 21.1 Å². The van der Waals surface area contributed by atoms with E-state index in [4.69, 9.17) is 4.84 Å². The number of rotatable bonds is 11. The third-order valence-electron chi connectivity index (χ3n) is 5.32. The van der Waals surface area contributed by atoms with Crippen LogP contribution in [-0.4, -0.2) is 58.5 Å². The van der Waals surface area contributed by atoms with Crippen molar-refractivity contribution in [1.82, 2.24) is 25.5 Å². The number of pyridine rings is 1. The van der Waals surface area contributed by atoms with Gasteiger partial charge in [0, 0.05) is 36.6 Å². The van der Waals surface area contributed by atoms with Crippen LogP contribution in [0.1, 0.15) is 18.4 Å². The Kier molecular flexibility index (Phi) is 7.86. The number of imidazole rings is 1. The molecule has 0 saturated heterocycles. The quantitative estimate of drug-likeness (QED) is 0.208. The first-order chi connectivity index (χ1) is 16.8. The van der Waals surface area contributed by atoms with Crippen molar-refractivity contribution in [1.29, 1.82) is 0 Å². The molecule has 2 amide bonds. The van der Waals surface area contributed by atoms with Gasteiger partial charge in [0.25, 0.3) is 0 Å². The molecule has 0 spiro atoms. The molecule has 4 rings (SSSR count). The largest absolute Gasteiger partial charge is 0.405 e. The van der Waals surface area contributed by atoms with Gasteiger partial charge in [-0.25, -0.2) is 9.78 Å². The van der Waals surface area contributed by atoms with E-state index in [1.807, 2.05) is 28.8 Å². The number of aliphatic hydroxyl groups excluding tert-OH is 1. The van der Waals surface area contributed by atoms with Crippen molar-refractivity contribution < 1.29 is 27.9 Å². The van der Waals surface area contributed by atoms with Gasteiger partial charge in [0.2, 0.25) is 0 Å². The Morgan fingerprint density at radius 3 is 2.86 bits per heavy atom. The smallest absolute Gasteiger partial charge is 0.389 e. The zero-order valence-corrected chi connectivity index (χ0v) is 18.8. The molecule has 1 unspecified atom stereocenters. The highest BCUT2D eigenvalue weighted by Gasteiger charge is 2.27. The molecule has 188 valence electrons. The normalized spacial score (nSPS) is 14.7. The molecule has 0 radical (unpaired) electrons. The summed E-state index contributed by atoms with van der Waals surface area (Å²) in [4.78, 5) is 21.5. The number of hydroxylamine groups is 1. The third kappa shape index (κ3) is 7.65. The highest BCUT2D eigenvalue weighted by Crippen LogP contribution is 2.24. The van der Waals surface area contributed by atoms with Crippen LogP contribution in [0.5, 0.6) is 0 Å². The number of anilines is 1. The average Bonchev–Trinajstić information content (AvgIpc) is 3.56. The highest BCUT2D eigenvalue weighted by molar-refractivity contribution is 5.90. The highest BCUT2D eigenvalue weighted by atomic mass is 19.4. The Morgan fingerprint density at radius 1 is 1.26 bits per heavy atom. The number of hydrogen-bond acceptors (Lipinski definition) is 6. The van der Waals surface area contributed by atoms with Crippen LogP contribution in [0.4, 0.5) is 23.7 Å². The van der Waals surface area contributed by atoms with E-state index in [1.54, 1.807) is 29.7 Å². The van der Waals surface area contributed by atoms with E-state index in [0.717, 1.165) is 29.7 Å². The van der Waals surface area contributed by atoms with Crippen molar-refractivity contribution in [2.45, 2.75) is 37.7 Å². The summed E-state index contributed by atoms with van der Waals surface area (Å²) in [6.45, 7) is -0.307.